The molecule has 1 aromatic carbocycles. The molecule has 5 heterocycles. The fraction of sp³-hybridized carbons (Fsp3) is 0.312. The van der Waals surface area contributed by atoms with Gasteiger partial charge in [0.25, 0.3) is 5.56 Å². The number of halogens is 4. The third-order valence-electron chi connectivity index (χ3n) is 8.36. The molecule has 7 rings (SSSR count). The minimum Gasteiger partial charge on any atom is -0.488 e. The molecule has 2 aliphatic rings. The number of aromatic nitrogens is 7. The van der Waals surface area contributed by atoms with E-state index in [2.05, 4.69) is 25.7 Å². The molecular formula is C32H28Cl2F2N8O3. The number of amides is 1. The zero-order valence-electron chi connectivity index (χ0n) is 25.0. The van der Waals surface area contributed by atoms with Gasteiger partial charge in [-0.05, 0) is 56.0 Å². The molecule has 4 aromatic heterocycles. The van der Waals surface area contributed by atoms with Gasteiger partial charge in [-0.1, -0.05) is 41.8 Å². The van der Waals surface area contributed by atoms with E-state index >= 15 is 0 Å². The van der Waals surface area contributed by atoms with E-state index in [-0.39, 0.29) is 34.1 Å². The van der Waals surface area contributed by atoms with Crippen molar-refractivity contribution in [2.75, 3.05) is 5.32 Å². The highest BCUT2D eigenvalue weighted by molar-refractivity contribution is 6.31. The number of anilines is 1. The molecule has 5 aromatic rings. The number of pyridine rings is 2. The van der Waals surface area contributed by atoms with Crippen molar-refractivity contribution < 1.29 is 18.3 Å². The number of rotatable bonds is 6. The second-order valence-corrected chi connectivity index (χ2v) is 12.5. The molecule has 0 saturated heterocycles. The molecule has 2 atom stereocenters. The maximum absolute atomic E-state index is 14.1. The third kappa shape index (κ3) is 6.24. The Balaban J connectivity index is 1.38. The zero-order chi connectivity index (χ0) is 32.8. The number of fused-ring (bicyclic) bond motifs is 4. The lowest BCUT2D eigenvalue weighted by Gasteiger charge is -2.24. The summed E-state index contributed by atoms with van der Waals surface area (Å²) < 4.78 is 38.1. The average molecular weight is 682 g/mol. The van der Waals surface area contributed by atoms with Gasteiger partial charge in [0.1, 0.15) is 5.75 Å². The van der Waals surface area contributed by atoms with Crippen LogP contribution in [0.5, 0.6) is 5.75 Å². The molecule has 47 heavy (non-hydrogen) atoms. The predicted octanol–water partition coefficient (Wildman–Crippen LogP) is 6.95. The summed E-state index contributed by atoms with van der Waals surface area (Å²) in [6.45, 7) is -1.17. The fourth-order valence-corrected chi connectivity index (χ4v) is 6.13. The minimum atomic E-state index is -2.95. The molecule has 242 valence electrons. The molecule has 1 saturated carbocycles. The number of nitrogens with one attached hydrogen (secondary N) is 1. The number of carbonyl (C=O) groups is 1. The molecule has 2 bridgehead atoms. The highest BCUT2D eigenvalue weighted by Gasteiger charge is 2.29. The Labute approximate surface area is 277 Å². The highest BCUT2D eigenvalue weighted by atomic mass is 35.5. The molecule has 15 heteroatoms. The largest absolute Gasteiger partial charge is 0.488 e. The lowest BCUT2D eigenvalue weighted by molar-refractivity contribution is -0.119. The lowest BCUT2D eigenvalue weighted by Crippen LogP contribution is -2.27. The van der Waals surface area contributed by atoms with Crippen molar-refractivity contribution in [2.24, 2.45) is 5.92 Å². The first-order valence-corrected chi connectivity index (χ1v) is 15.9. The molecule has 1 N–H and O–H groups in total. The van der Waals surface area contributed by atoms with Gasteiger partial charge in [-0.2, -0.15) is 13.9 Å². The van der Waals surface area contributed by atoms with E-state index in [0.29, 0.717) is 62.8 Å². The second-order valence-electron chi connectivity index (χ2n) is 11.7. The van der Waals surface area contributed by atoms with Gasteiger partial charge in [-0.15, -0.1) is 5.10 Å². The summed E-state index contributed by atoms with van der Waals surface area (Å²) >= 11 is 12.5. The molecule has 1 aliphatic carbocycles. The van der Waals surface area contributed by atoms with Crippen LogP contribution in [0.25, 0.3) is 28.1 Å². The van der Waals surface area contributed by atoms with Crippen LogP contribution in [-0.4, -0.2) is 46.3 Å². The van der Waals surface area contributed by atoms with Crippen LogP contribution in [0.15, 0.2) is 66.0 Å². The summed E-state index contributed by atoms with van der Waals surface area (Å²) in [5.74, 6) is -0.280. The fourth-order valence-electron chi connectivity index (χ4n) is 5.83. The van der Waals surface area contributed by atoms with E-state index in [9.17, 15) is 18.4 Å². The van der Waals surface area contributed by atoms with E-state index in [1.807, 2.05) is 0 Å². The molecule has 11 nitrogen and oxygen atoms in total. The number of nitrogens with zero attached hydrogens (tertiary/aromatic N) is 7. The first-order valence-electron chi connectivity index (χ1n) is 15.1. The van der Waals surface area contributed by atoms with Gasteiger partial charge in [0, 0.05) is 39.9 Å². The normalized spacial score (nSPS) is 18.3. The highest BCUT2D eigenvalue weighted by Crippen LogP contribution is 2.40. The number of hydrogen-bond donors (Lipinski definition) is 1. The molecule has 1 aliphatic heterocycles. The number of alkyl halides is 2. The van der Waals surface area contributed by atoms with E-state index in [4.69, 9.17) is 27.9 Å². The van der Waals surface area contributed by atoms with E-state index in [1.54, 1.807) is 54.2 Å². The lowest BCUT2D eigenvalue weighted by atomic mass is 9.96. The van der Waals surface area contributed by atoms with Gasteiger partial charge in [0.05, 0.1) is 53.5 Å². The van der Waals surface area contributed by atoms with Crippen molar-refractivity contribution >= 4 is 34.8 Å². The first-order chi connectivity index (χ1) is 22.7. The summed E-state index contributed by atoms with van der Waals surface area (Å²) in [6.07, 6.45) is 9.17. The van der Waals surface area contributed by atoms with Gasteiger partial charge in [0.2, 0.25) is 5.91 Å². The zero-order valence-corrected chi connectivity index (χ0v) is 26.5. The quantitative estimate of drug-likeness (QED) is 0.206. The van der Waals surface area contributed by atoms with E-state index in [0.717, 1.165) is 12.8 Å². The molecule has 1 amide bonds. The SMILES string of the molecule is CC1CCCC(n2cc(OC3CC3)c(-c3cc(Cl)ccc3-n3cc(Cl)nn3)cc2=O)c2cc(ccn2)-c2c(cnn2C(F)F)NC1=O. The maximum Gasteiger partial charge on any atom is 0.333 e. The molecule has 0 radical (unpaired) electrons. The van der Waals surface area contributed by atoms with Crippen LogP contribution in [-0.2, 0) is 4.79 Å². The van der Waals surface area contributed by atoms with Gasteiger partial charge < -0.3 is 14.6 Å². The van der Waals surface area contributed by atoms with Crippen LogP contribution >= 0.6 is 23.2 Å². The predicted molar refractivity (Wildman–Crippen MR) is 171 cm³/mol. The molecule has 1 fully saturated rings. The van der Waals surface area contributed by atoms with Gasteiger partial charge in [-0.25, -0.2) is 9.36 Å². The van der Waals surface area contributed by atoms with Gasteiger partial charge in [0.15, 0.2) is 5.15 Å². The van der Waals surface area contributed by atoms with Crippen LogP contribution in [0.3, 0.4) is 0 Å². The Hall–Kier alpha value is -4.62. The number of benzene rings is 1. The smallest absolute Gasteiger partial charge is 0.333 e. The molecular weight excluding hydrogens is 653 g/mol. The standard InChI is InChI=1S/C32H28Cl2F2N8O3/c1-17-3-2-4-26(23-11-18(9-10-37-23)30-24(39-31(17)46)14-38-44(30)32(35)36)42-15-27(47-20-6-7-20)22(13-29(42)45)21-12-19(33)5-8-25(21)43-16-28(34)40-41-43/h5,8-17,20,26,32H,2-4,6-7H2,1H3,(H,39,46). The number of hydrogen-bond acceptors (Lipinski definition) is 7. The Bertz CT molecular complexity index is 2040. The Morgan fingerprint density at radius 3 is 2.60 bits per heavy atom. The maximum atomic E-state index is 14.1. The van der Waals surface area contributed by atoms with E-state index < -0.39 is 18.5 Å². The monoisotopic (exact) mass is 680 g/mol. The summed E-state index contributed by atoms with van der Waals surface area (Å²) in [4.78, 5) is 31.7. The summed E-state index contributed by atoms with van der Waals surface area (Å²) in [5.41, 5.74) is 2.41. The number of ether oxygens (including phenoxy) is 1. The molecule has 2 unspecified atom stereocenters. The minimum absolute atomic E-state index is 0.0201. The number of carbonyl (C=O) groups excluding carboxylic acids is 1. The van der Waals surface area contributed by atoms with Crippen LogP contribution in [0.2, 0.25) is 10.2 Å². The van der Waals surface area contributed by atoms with Gasteiger partial charge >= 0.3 is 6.55 Å². The second kappa shape index (κ2) is 12.5. The van der Waals surface area contributed by atoms with Crippen molar-refractivity contribution in [3.8, 4) is 33.8 Å². The summed E-state index contributed by atoms with van der Waals surface area (Å²) in [6, 6.07) is 9.31. The average Bonchev–Trinajstić information content (AvgIpc) is 3.60. The summed E-state index contributed by atoms with van der Waals surface area (Å²) in [5, 5.41) is 15.2. The Morgan fingerprint density at radius 2 is 1.85 bits per heavy atom. The van der Waals surface area contributed by atoms with Crippen molar-refractivity contribution in [3.63, 3.8) is 0 Å². The van der Waals surface area contributed by atoms with Crippen molar-refractivity contribution in [3.05, 3.63) is 87.4 Å². The van der Waals surface area contributed by atoms with Crippen molar-refractivity contribution in [1.82, 2.24) is 34.3 Å². The Kier molecular flexibility index (Phi) is 8.27. The first kappa shape index (κ1) is 31.0. The topological polar surface area (TPSA) is 122 Å². The Morgan fingerprint density at radius 1 is 1.02 bits per heavy atom. The van der Waals surface area contributed by atoms with E-state index in [1.165, 1.54) is 23.1 Å². The van der Waals surface area contributed by atoms with Crippen molar-refractivity contribution in [2.45, 2.75) is 57.7 Å². The van der Waals surface area contributed by atoms with Crippen LogP contribution in [0.1, 0.15) is 57.3 Å². The van der Waals surface area contributed by atoms with Crippen LogP contribution in [0.4, 0.5) is 14.5 Å². The summed E-state index contributed by atoms with van der Waals surface area (Å²) in [7, 11) is 0. The molecule has 0 spiro atoms. The van der Waals surface area contributed by atoms with Gasteiger partial charge in [-0.3, -0.25) is 14.6 Å². The third-order valence-corrected chi connectivity index (χ3v) is 8.76. The van der Waals surface area contributed by atoms with Crippen LogP contribution in [0, 0.1) is 5.92 Å². The van der Waals surface area contributed by atoms with Crippen molar-refractivity contribution in [1.29, 1.82) is 0 Å². The van der Waals surface area contributed by atoms with Crippen LogP contribution < -0.4 is 15.6 Å².